The molecule has 0 amide bonds. The first-order valence-electron chi connectivity index (χ1n) is 7.93. The molecule has 0 heterocycles. The fraction of sp³-hybridized carbons (Fsp3) is 0.938. The average Bonchev–Trinajstić information content (AvgIpc) is 2.47. The van der Waals surface area contributed by atoms with Crippen LogP contribution in [-0.2, 0) is 9.53 Å². The van der Waals surface area contributed by atoms with Gasteiger partial charge in [-0.25, -0.2) is 0 Å². The SMILES string of the molecule is CCCCC(C(=O)OC)N(C)C1CCC(CC)CC1. The lowest BCUT2D eigenvalue weighted by atomic mass is 9.83. The van der Waals surface area contributed by atoms with Gasteiger partial charge in [0.1, 0.15) is 6.04 Å². The van der Waals surface area contributed by atoms with Crippen molar-refractivity contribution in [1.29, 1.82) is 0 Å². The van der Waals surface area contributed by atoms with E-state index in [2.05, 4.69) is 25.8 Å². The molecule has 0 aromatic carbocycles. The van der Waals surface area contributed by atoms with Crippen molar-refractivity contribution in [3.05, 3.63) is 0 Å². The Hall–Kier alpha value is -0.570. The highest BCUT2D eigenvalue weighted by atomic mass is 16.5. The Morgan fingerprint density at radius 1 is 1.26 bits per heavy atom. The van der Waals surface area contributed by atoms with E-state index < -0.39 is 0 Å². The summed E-state index contributed by atoms with van der Waals surface area (Å²) < 4.78 is 4.98. The van der Waals surface area contributed by atoms with Crippen molar-refractivity contribution in [3.8, 4) is 0 Å². The molecule has 19 heavy (non-hydrogen) atoms. The van der Waals surface area contributed by atoms with Crippen LogP contribution in [0.2, 0.25) is 0 Å². The Balaban J connectivity index is 2.55. The van der Waals surface area contributed by atoms with Crippen LogP contribution in [0.5, 0.6) is 0 Å². The van der Waals surface area contributed by atoms with E-state index in [1.54, 1.807) is 0 Å². The van der Waals surface area contributed by atoms with Crippen LogP contribution in [0.4, 0.5) is 0 Å². The van der Waals surface area contributed by atoms with Gasteiger partial charge in [0.05, 0.1) is 7.11 Å². The van der Waals surface area contributed by atoms with E-state index >= 15 is 0 Å². The highest BCUT2D eigenvalue weighted by molar-refractivity contribution is 5.75. The number of rotatable bonds is 7. The van der Waals surface area contributed by atoms with Crippen molar-refractivity contribution in [3.63, 3.8) is 0 Å². The summed E-state index contributed by atoms with van der Waals surface area (Å²) in [5, 5.41) is 0. The van der Waals surface area contributed by atoms with Crippen LogP contribution in [0.15, 0.2) is 0 Å². The minimum Gasteiger partial charge on any atom is -0.468 e. The fourth-order valence-corrected chi connectivity index (χ4v) is 3.24. The van der Waals surface area contributed by atoms with Crippen LogP contribution in [0, 0.1) is 5.92 Å². The molecular formula is C16H31NO2. The van der Waals surface area contributed by atoms with Crippen LogP contribution < -0.4 is 0 Å². The summed E-state index contributed by atoms with van der Waals surface area (Å²) in [4.78, 5) is 14.2. The van der Waals surface area contributed by atoms with Gasteiger partial charge in [0, 0.05) is 6.04 Å². The number of hydrogen-bond donors (Lipinski definition) is 0. The second-order valence-corrected chi connectivity index (χ2v) is 5.93. The molecule has 3 nitrogen and oxygen atoms in total. The van der Waals surface area contributed by atoms with Gasteiger partial charge in [0.2, 0.25) is 0 Å². The van der Waals surface area contributed by atoms with Crippen LogP contribution >= 0.6 is 0 Å². The number of carbonyl (C=O) groups is 1. The molecule has 0 bridgehead atoms. The fourth-order valence-electron chi connectivity index (χ4n) is 3.24. The third-order valence-corrected chi connectivity index (χ3v) is 4.77. The van der Waals surface area contributed by atoms with Crippen LogP contribution in [-0.4, -0.2) is 37.1 Å². The molecule has 1 saturated carbocycles. The molecule has 1 unspecified atom stereocenters. The zero-order valence-electron chi connectivity index (χ0n) is 13.2. The minimum atomic E-state index is -0.0615. The van der Waals surface area contributed by atoms with Gasteiger partial charge in [-0.3, -0.25) is 9.69 Å². The summed E-state index contributed by atoms with van der Waals surface area (Å²) in [5.41, 5.74) is 0. The van der Waals surface area contributed by atoms with E-state index in [0.717, 1.165) is 25.2 Å². The monoisotopic (exact) mass is 269 g/mol. The van der Waals surface area contributed by atoms with Gasteiger partial charge < -0.3 is 4.74 Å². The van der Waals surface area contributed by atoms with E-state index in [9.17, 15) is 4.79 Å². The Bertz CT molecular complexity index is 259. The van der Waals surface area contributed by atoms with Crippen LogP contribution in [0.25, 0.3) is 0 Å². The van der Waals surface area contributed by atoms with Gasteiger partial charge in [0.25, 0.3) is 0 Å². The molecule has 0 radical (unpaired) electrons. The van der Waals surface area contributed by atoms with E-state index in [-0.39, 0.29) is 12.0 Å². The van der Waals surface area contributed by atoms with E-state index in [1.165, 1.54) is 39.2 Å². The van der Waals surface area contributed by atoms with Crippen LogP contribution in [0.3, 0.4) is 0 Å². The van der Waals surface area contributed by atoms with Crippen molar-refractivity contribution < 1.29 is 9.53 Å². The molecule has 1 aliphatic rings. The lowest BCUT2D eigenvalue weighted by Gasteiger charge is -2.38. The Labute approximate surface area is 118 Å². The molecule has 1 aliphatic carbocycles. The summed E-state index contributed by atoms with van der Waals surface area (Å²) in [6.07, 6.45) is 9.53. The normalized spacial score (nSPS) is 25.3. The molecular weight excluding hydrogens is 238 g/mol. The van der Waals surface area contributed by atoms with Gasteiger partial charge in [-0.15, -0.1) is 0 Å². The summed E-state index contributed by atoms with van der Waals surface area (Å²) in [6.45, 7) is 4.45. The van der Waals surface area contributed by atoms with Crippen LogP contribution in [0.1, 0.15) is 65.2 Å². The first-order valence-corrected chi connectivity index (χ1v) is 7.93. The average molecular weight is 269 g/mol. The van der Waals surface area contributed by atoms with Crippen molar-refractivity contribution in [2.45, 2.75) is 77.3 Å². The van der Waals surface area contributed by atoms with Gasteiger partial charge >= 0.3 is 5.97 Å². The van der Waals surface area contributed by atoms with E-state index in [4.69, 9.17) is 4.74 Å². The Morgan fingerprint density at radius 2 is 1.89 bits per heavy atom. The topological polar surface area (TPSA) is 29.5 Å². The predicted molar refractivity (Wildman–Crippen MR) is 79.1 cm³/mol. The molecule has 1 rings (SSSR count). The first-order chi connectivity index (χ1) is 9.13. The molecule has 0 aromatic heterocycles. The molecule has 3 heteroatoms. The lowest BCUT2D eigenvalue weighted by molar-refractivity contribution is -0.148. The Kier molecular flexibility index (Phi) is 7.44. The molecule has 0 saturated heterocycles. The smallest absolute Gasteiger partial charge is 0.323 e. The second-order valence-electron chi connectivity index (χ2n) is 5.93. The third kappa shape index (κ3) is 4.79. The summed E-state index contributed by atoms with van der Waals surface area (Å²) in [7, 11) is 3.61. The third-order valence-electron chi connectivity index (χ3n) is 4.77. The second kappa shape index (κ2) is 8.57. The molecule has 1 atom stereocenters. The quantitative estimate of drug-likeness (QED) is 0.661. The minimum absolute atomic E-state index is 0.0480. The highest BCUT2D eigenvalue weighted by Crippen LogP contribution is 2.30. The predicted octanol–water partition coefficient (Wildman–Crippen LogP) is 3.62. The van der Waals surface area contributed by atoms with E-state index in [0.29, 0.717) is 6.04 Å². The standard InChI is InChI=1S/C16H31NO2/c1-5-7-8-15(16(18)19-4)17(3)14-11-9-13(6-2)10-12-14/h13-15H,5-12H2,1-4H3. The van der Waals surface area contributed by atoms with Crippen molar-refractivity contribution >= 4 is 5.97 Å². The summed E-state index contributed by atoms with van der Waals surface area (Å²) >= 11 is 0. The zero-order valence-corrected chi connectivity index (χ0v) is 13.2. The van der Waals surface area contributed by atoms with Crippen molar-refractivity contribution in [2.24, 2.45) is 5.92 Å². The number of carbonyl (C=O) groups excluding carboxylic acids is 1. The number of hydrogen-bond acceptors (Lipinski definition) is 3. The van der Waals surface area contributed by atoms with Gasteiger partial charge in [-0.1, -0.05) is 33.1 Å². The van der Waals surface area contributed by atoms with Gasteiger partial charge in [-0.2, -0.15) is 0 Å². The van der Waals surface area contributed by atoms with Crippen molar-refractivity contribution in [1.82, 2.24) is 4.90 Å². The molecule has 1 fully saturated rings. The first kappa shape index (κ1) is 16.5. The molecule has 112 valence electrons. The summed E-state index contributed by atoms with van der Waals surface area (Å²) in [5.74, 6) is 0.838. The number of nitrogens with zero attached hydrogens (tertiary/aromatic N) is 1. The molecule has 0 aromatic rings. The van der Waals surface area contributed by atoms with E-state index in [1.807, 2.05) is 0 Å². The number of methoxy groups -OCH3 is 1. The highest BCUT2D eigenvalue weighted by Gasteiger charge is 2.31. The number of likely N-dealkylation sites (N-methyl/N-ethyl adjacent to an activating group) is 1. The number of esters is 1. The summed E-state index contributed by atoms with van der Waals surface area (Å²) in [6, 6.07) is 0.511. The largest absolute Gasteiger partial charge is 0.468 e. The molecule has 0 spiro atoms. The lowest BCUT2D eigenvalue weighted by Crippen LogP contribution is -2.46. The number of unbranched alkanes of at least 4 members (excludes halogenated alkanes) is 1. The zero-order chi connectivity index (χ0) is 14.3. The molecule has 0 aliphatic heterocycles. The van der Waals surface area contributed by atoms with Gasteiger partial charge in [-0.05, 0) is 45.1 Å². The van der Waals surface area contributed by atoms with Gasteiger partial charge in [0.15, 0.2) is 0 Å². The number of ether oxygens (including phenoxy) is 1. The molecule has 0 N–H and O–H groups in total. The maximum atomic E-state index is 12.0. The van der Waals surface area contributed by atoms with Crippen molar-refractivity contribution in [2.75, 3.05) is 14.2 Å². The Morgan fingerprint density at radius 3 is 2.37 bits per heavy atom. The maximum Gasteiger partial charge on any atom is 0.323 e. The maximum absolute atomic E-state index is 12.0.